The van der Waals surface area contributed by atoms with Crippen LogP contribution in [0.1, 0.15) is 47.5 Å². The monoisotopic (exact) mass is 170 g/mol. The van der Waals surface area contributed by atoms with Gasteiger partial charge in [0.05, 0.1) is 5.60 Å². The maximum Gasteiger partial charge on any atom is 0.0629 e. The van der Waals surface area contributed by atoms with Crippen LogP contribution in [0.15, 0.2) is 0 Å². The fraction of sp³-hybridized carbons (Fsp3) is 1.00. The molecule has 1 heterocycles. The van der Waals surface area contributed by atoms with Crippen LogP contribution in [0.25, 0.3) is 0 Å². The molecule has 1 nitrogen and oxygen atoms in total. The van der Waals surface area contributed by atoms with Gasteiger partial charge in [-0.25, -0.2) is 0 Å². The lowest BCUT2D eigenvalue weighted by Gasteiger charge is -2.41. The molecule has 1 saturated heterocycles. The smallest absolute Gasteiger partial charge is 0.0629 e. The lowest BCUT2D eigenvalue weighted by atomic mass is 9.72. The van der Waals surface area contributed by atoms with E-state index >= 15 is 0 Å². The Hall–Kier alpha value is -0.0400. The molecule has 0 aromatic heterocycles. The van der Waals surface area contributed by atoms with E-state index in [1.165, 1.54) is 12.8 Å². The van der Waals surface area contributed by atoms with Crippen molar-refractivity contribution in [1.82, 2.24) is 0 Å². The van der Waals surface area contributed by atoms with Gasteiger partial charge < -0.3 is 4.74 Å². The second-order valence-corrected chi connectivity index (χ2v) is 5.66. The quantitative estimate of drug-likeness (QED) is 0.542. The number of rotatable bonds is 0. The van der Waals surface area contributed by atoms with E-state index in [0.29, 0.717) is 5.41 Å². The Morgan fingerprint density at radius 3 is 2.17 bits per heavy atom. The molecule has 0 spiro atoms. The number of hydrogen-bond donors (Lipinski definition) is 0. The lowest BCUT2D eigenvalue weighted by molar-refractivity contribution is -0.0913. The molecule has 0 amide bonds. The van der Waals surface area contributed by atoms with Crippen LogP contribution < -0.4 is 0 Å². The summed E-state index contributed by atoms with van der Waals surface area (Å²) in [5.41, 5.74) is 0.553. The van der Waals surface area contributed by atoms with Crippen LogP contribution in [0.2, 0.25) is 0 Å². The average molecular weight is 170 g/mol. The molecule has 0 bridgehead atoms. The van der Waals surface area contributed by atoms with E-state index in [-0.39, 0.29) is 5.60 Å². The number of hydrogen-bond acceptors (Lipinski definition) is 1. The molecular weight excluding hydrogens is 148 g/mol. The predicted molar refractivity (Wildman–Crippen MR) is 52.2 cm³/mol. The minimum Gasteiger partial charge on any atom is -0.376 e. The third kappa shape index (κ3) is 2.48. The van der Waals surface area contributed by atoms with Gasteiger partial charge in [0, 0.05) is 6.61 Å². The first-order valence-corrected chi connectivity index (χ1v) is 4.95. The maximum absolute atomic E-state index is 5.69. The summed E-state index contributed by atoms with van der Waals surface area (Å²) in [6.45, 7) is 12.3. The minimum absolute atomic E-state index is 0.107. The van der Waals surface area contributed by atoms with E-state index < -0.39 is 0 Å². The zero-order chi connectivity index (χ0) is 9.41. The Morgan fingerprint density at radius 1 is 1.25 bits per heavy atom. The lowest BCUT2D eigenvalue weighted by Crippen LogP contribution is -2.38. The van der Waals surface area contributed by atoms with Gasteiger partial charge in [0.15, 0.2) is 0 Å². The zero-order valence-electron chi connectivity index (χ0n) is 9.11. The van der Waals surface area contributed by atoms with E-state index in [9.17, 15) is 0 Å². The van der Waals surface area contributed by atoms with Gasteiger partial charge in [-0.3, -0.25) is 0 Å². The summed E-state index contributed by atoms with van der Waals surface area (Å²) in [6.07, 6.45) is 2.43. The van der Waals surface area contributed by atoms with Crippen molar-refractivity contribution in [3.63, 3.8) is 0 Å². The van der Waals surface area contributed by atoms with Gasteiger partial charge in [0.1, 0.15) is 0 Å². The van der Waals surface area contributed by atoms with E-state index in [4.69, 9.17) is 4.74 Å². The highest BCUT2D eigenvalue weighted by Gasteiger charge is 2.34. The zero-order valence-corrected chi connectivity index (χ0v) is 9.11. The molecule has 0 aromatic carbocycles. The van der Waals surface area contributed by atoms with Gasteiger partial charge >= 0.3 is 0 Å². The summed E-state index contributed by atoms with van der Waals surface area (Å²) in [4.78, 5) is 0. The predicted octanol–water partition coefficient (Wildman–Crippen LogP) is 3.24. The Labute approximate surface area is 76.5 Å². The van der Waals surface area contributed by atoms with Crippen molar-refractivity contribution in [2.24, 2.45) is 11.3 Å². The molecule has 0 N–H and O–H groups in total. The van der Waals surface area contributed by atoms with E-state index in [1.807, 2.05) is 0 Å². The van der Waals surface area contributed by atoms with Crippen LogP contribution in [0, 0.1) is 11.3 Å². The summed E-state index contributed by atoms with van der Waals surface area (Å²) in [5, 5.41) is 0. The maximum atomic E-state index is 5.69. The van der Waals surface area contributed by atoms with Gasteiger partial charge in [-0.15, -0.1) is 0 Å². The highest BCUT2D eigenvalue weighted by Crippen LogP contribution is 2.39. The molecule has 0 saturated carbocycles. The normalized spacial score (nSPS) is 30.2. The first kappa shape index (κ1) is 10.0. The summed E-state index contributed by atoms with van der Waals surface area (Å²) < 4.78 is 5.69. The Morgan fingerprint density at radius 2 is 1.83 bits per heavy atom. The molecule has 1 heteroatoms. The molecule has 1 atom stereocenters. The molecule has 12 heavy (non-hydrogen) atoms. The summed E-state index contributed by atoms with van der Waals surface area (Å²) >= 11 is 0. The van der Waals surface area contributed by atoms with Gasteiger partial charge in [0.2, 0.25) is 0 Å². The van der Waals surface area contributed by atoms with E-state index in [0.717, 1.165) is 12.5 Å². The van der Waals surface area contributed by atoms with Crippen molar-refractivity contribution in [2.45, 2.75) is 53.1 Å². The summed E-state index contributed by atoms with van der Waals surface area (Å²) in [7, 11) is 0. The number of ether oxygens (including phenoxy) is 1. The molecular formula is C11H22O. The SMILES string of the molecule is CC1(C)CC(C(C)(C)C)CCO1. The Balaban J connectivity index is 2.58. The molecule has 1 fully saturated rings. The van der Waals surface area contributed by atoms with Gasteiger partial charge in [-0.05, 0) is 38.0 Å². The van der Waals surface area contributed by atoms with Crippen molar-refractivity contribution in [2.75, 3.05) is 6.61 Å². The van der Waals surface area contributed by atoms with Gasteiger partial charge in [-0.2, -0.15) is 0 Å². The van der Waals surface area contributed by atoms with Gasteiger partial charge in [-0.1, -0.05) is 20.8 Å². The fourth-order valence-corrected chi connectivity index (χ4v) is 1.97. The van der Waals surface area contributed by atoms with Crippen LogP contribution in [-0.2, 0) is 4.74 Å². The second kappa shape index (κ2) is 3.02. The largest absolute Gasteiger partial charge is 0.376 e. The van der Waals surface area contributed by atoms with Crippen LogP contribution >= 0.6 is 0 Å². The van der Waals surface area contributed by atoms with Crippen LogP contribution in [0.3, 0.4) is 0 Å². The summed E-state index contributed by atoms with van der Waals surface area (Å²) in [6, 6.07) is 0. The molecule has 1 unspecified atom stereocenters. The first-order valence-electron chi connectivity index (χ1n) is 4.95. The molecule has 0 aromatic rings. The fourth-order valence-electron chi connectivity index (χ4n) is 1.97. The minimum atomic E-state index is 0.107. The third-order valence-corrected chi connectivity index (χ3v) is 2.92. The topological polar surface area (TPSA) is 9.23 Å². The summed E-state index contributed by atoms with van der Waals surface area (Å²) in [5.74, 6) is 0.821. The average Bonchev–Trinajstić information content (AvgIpc) is 1.83. The highest BCUT2D eigenvalue weighted by molar-refractivity contribution is 4.84. The van der Waals surface area contributed by atoms with Crippen molar-refractivity contribution < 1.29 is 4.74 Å². The van der Waals surface area contributed by atoms with Crippen LogP contribution in [0.4, 0.5) is 0 Å². The van der Waals surface area contributed by atoms with Gasteiger partial charge in [0.25, 0.3) is 0 Å². The Kier molecular flexibility index (Phi) is 2.53. The molecule has 72 valence electrons. The van der Waals surface area contributed by atoms with Crippen molar-refractivity contribution in [3.8, 4) is 0 Å². The molecule has 1 aliphatic heterocycles. The molecule has 0 radical (unpaired) electrons. The standard InChI is InChI=1S/C11H22O/c1-10(2,3)9-6-7-12-11(4,5)8-9/h9H,6-8H2,1-5H3. The third-order valence-electron chi connectivity index (χ3n) is 2.92. The highest BCUT2D eigenvalue weighted by atomic mass is 16.5. The van der Waals surface area contributed by atoms with E-state index in [2.05, 4.69) is 34.6 Å². The first-order chi connectivity index (χ1) is 5.31. The van der Waals surface area contributed by atoms with Crippen LogP contribution in [-0.4, -0.2) is 12.2 Å². The van der Waals surface area contributed by atoms with Crippen molar-refractivity contribution >= 4 is 0 Å². The van der Waals surface area contributed by atoms with Crippen molar-refractivity contribution in [1.29, 1.82) is 0 Å². The van der Waals surface area contributed by atoms with Crippen LogP contribution in [0.5, 0.6) is 0 Å². The van der Waals surface area contributed by atoms with E-state index in [1.54, 1.807) is 0 Å². The second-order valence-electron chi connectivity index (χ2n) is 5.66. The molecule has 1 rings (SSSR count). The molecule has 1 aliphatic rings. The Bertz CT molecular complexity index is 150. The van der Waals surface area contributed by atoms with Crippen molar-refractivity contribution in [3.05, 3.63) is 0 Å². The molecule has 0 aliphatic carbocycles.